The maximum atomic E-state index is 13.9. The van der Waals surface area contributed by atoms with E-state index in [2.05, 4.69) is 10.3 Å². The van der Waals surface area contributed by atoms with Gasteiger partial charge in [0.1, 0.15) is 11.8 Å². The fraction of sp³-hybridized carbons (Fsp3) is 0.424. The van der Waals surface area contributed by atoms with Crippen LogP contribution in [-0.2, 0) is 19.2 Å². The van der Waals surface area contributed by atoms with E-state index in [4.69, 9.17) is 4.74 Å². The molecular formula is C33H33N3O7S2. The first-order chi connectivity index (χ1) is 21.5. The van der Waals surface area contributed by atoms with E-state index in [-0.39, 0.29) is 58.1 Å². The van der Waals surface area contributed by atoms with Crippen LogP contribution in [0.3, 0.4) is 0 Å². The van der Waals surface area contributed by atoms with E-state index in [1.807, 2.05) is 49.4 Å². The van der Waals surface area contributed by atoms with Gasteiger partial charge in [0.05, 0.1) is 16.9 Å². The summed E-state index contributed by atoms with van der Waals surface area (Å²) in [6.07, 6.45) is 0.702. The molecule has 3 N–H and O–H groups in total. The number of benzene rings is 2. The van der Waals surface area contributed by atoms with Gasteiger partial charge in [-0.3, -0.25) is 24.1 Å². The van der Waals surface area contributed by atoms with Gasteiger partial charge in [-0.15, -0.1) is 11.8 Å². The monoisotopic (exact) mass is 647 g/mol. The van der Waals surface area contributed by atoms with Crippen LogP contribution in [0.15, 0.2) is 58.4 Å². The van der Waals surface area contributed by atoms with Crippen LogP contribution < -0.4 is 14.9 Å². The van der Waals surface area contributed by atoms with Crippen LogP contribution >= 0.6 is 23.1 Å². The number of aromatic nitrogens is 1. The van der Waals surface area contributed by atoms with Crippen LogP contribution in [0.1, 0.15) is 42.2 Å². The number of fused-ring (bicyclic) bond motifs is 9. The Bertz CT molecular complexity index is 1780. The fourth-order valence-corrected chi connectivity index (χ4v) is 11.1. The number of ether oxygens (including phenoxy) is 1. The van der Waals surface area contributed by atoms with Gasteiger partial charge in [0.25, 0.3) is 5.91 Å². The standard InChI is InChI=1S/C33H33N3O7S2/c1-14(2)26(32(40)41)36-30(38)24-19-12-20(25(24)31(36)39)27-23(19)22(28-29(44-27)35-33(42)45-28)16-7-5-9-18(11-16)43-13-21(37)34-17-8-4-6-15(3)10-17/h4-11,14,19-20,22-27H,12-13H2,1-3H3,(H,34,37)(H,35,42)(H,40,41)/t19?,20?,22-,23?,24?,25?,26?,27?/m1/s1. The molecule has 2 aliphatic carbocycles. The molecule has 7 rings (SSSR count). The lowest BCUT2D eigenvalue weighted by molar-refractivity contribution is -0.157. The number of carboxylic acid groups (broad SMARTS) is 1. The van der Waals surface area contributed by atoms with Crippen molar-refractivity contribution in [2.75, 3.05) is 11.9 Å². The van der Waals surface area contributed by atoms with Crippen molar-refractivity contribution < 1.29 is 29.0 Å². The smallest absolute Gasteiger partial charge is 0.327 e. The number of aromatic amines is 1. The Balaban J connectivity index is 1.18. The molecule has 8 atom stereocenters. The van der Waals surface area contributed by atoms with Crippen LogP contribution in [0, 0.1) is 42.4 Å². The number of aliphatic carboxylic acids is 1. The second kappa shape index (κ2) is 11.2. The quantitative estimate of drug-likeness (QED) is 0.306. The number of rotatable bonds is 8. The lowest BCUT2D eigenvalue weighted by atomic mass is 9.68. The van der Waals surface area contributed by atoms with Gasteiger partial charge in [-0.1, -0.05) is 49.4 Å². The number of anilines is 1. The second-order valence-corrected chi connectivity index (χ2v) is 15.0. The predicted molar refractivity (Wildman–Crippen MR) is 168 cm³/mol. The van der Waals surface area contributed by atoms with E-state index >= 15 is 0 Å². The van der Waals surface area contributed by atoms with Crippen molar-refractivity contribution in [1.82, 2.24) is 9.88 Å². The van der Waals surface area contributed by atoms with Crippen molar-refractivity contribution >= 4 is 52.5 Å². The summed E-state index contributed by atoms with van der Waals surface area (Å²) >= 11 is 2.74. The van der Waals surface area contributed by atoms with Gasteiger partial charge in [0.2, 0.25) is 11.8 Å². The molecule has 1 aromatic heterocycles. The number of nitrogens with one attached hydrogen (secondary N) is 2. The third kappa shape index (κ3) is 4.89. The molecule has 3 amide bonds. The highest BCUT2D eigenvalue weighted by Gasteiger charge is 2.70. The highest BCUT2D eigenvalue weighted by Crippen LogP contribution is 2.68. The Labute approximate surface area is 267 Å². The molecule has 3 aromatic rings. The molecule has 2 aliphatic heterocycles. The molecule has 45 heavy (non-hydrogen) atoms. The average molecular weight is 648 g/mol. The van der Waals surface area contributed by atoms with Crippen molar-refractivity contribution in [2.24, 2.45) is 35.5 Å². The molecule has 2 bridgehead atoms. The number of hydrogen-bond donors (Lipinski definition) is 3. The summed E-state index contributed by atoms with van der Waals surface area (Å²) in [6.45, 7) is 5.19. The van der Waals surface area contributed by atoms with Crippen LogP contribution in [-0.4, -0.2) is 56.6 Å². The number of aryl methyl sites for hydroxylation is 1. The van der Waals surface area contributed by atoms with E-state index < -0.39 is 29.8 Å². The molecule has 2 aromatic carbocycles. The Morgan fingerprint density at radius 1 is 1.07 bits per heavy atom. The van der Waals surface area contributed by atoms with Gasteiger partial charge < -0.3 is 20.1 Å². The minimum atomic E-state index is -1.20. The largest absolute Gasteiger partial charge is 0.484 e. The van der Waals surface area contributed by atoms with Gasteiger partial charge >= 0.3 is 10.8 Å². The highest BCUT2D eigenvalue weighted by molar-refractivity contribution is 8.00. The molecule has 2 saturated carbocycles. The highest BCUT2D eigenvalue weighted by atomic mass is 32.2. The van der Waals surface area contributed by atoms with E-state index in [0.717, 1.165) is 37.3 Å². The van der Waals surface area contributed by atoms with E-state index in [9.17, 15) is 29.1 Å². The maximum Gasteiger partial charge on any atom is 0.327 e. The number of H-pyrrole nitrogens is 1. The molecule has 3 heterocycles. The van der Waals surface area contributed by atoms with Crippen molar-refractivity contribution in [1.29, 1.82) is 0 Å². The molecule has 4 aliphatic rings. The molecular weight excluding hydrogens is 615 g/mol. The van der Waals surface area contributed by atoms with E-state index in [1.54, 1.807) is 31.7 Å². The summed E-state index contributed by atoms with van der Waals surface area (Å²) in [5.74, 6) is -3.78. The molecule has 234 valence electrons. The van der Waals surface area contributed by atoms with Crippen molar-refractivity contribution in [3.63, 3.8) is 0 Å². The summed E-state index contributed by atoms with van der Waals surface area (Å²) in [4.78, 5) is 69.8. The van der Waals surface area contributed by atoms with Crippen LogP contribution in [0.2, 0.25) is 0 Å². The summed E-state index contributed by atoms with van der Waals surface area (Å²) in [5.41, 5.74) is 2.62. The third-order valence-electron chi connectivity index (χ3n) is 9.81. The minimum Gasteiger partial charge on any atom is -0.484 e. The number of thiazole rings is 1. The summed E-state index contributed by atoms with van der Waals surface area (Å²) < 4.78 is 5.91. The normalized spacial score (nSPS) is 28.5. The Hall–Kier alpha value is -3.90. The van der Waals surface area contributed by atoms with Gasteiger partial charge in [-0.2, -0.15) is 0 Å². The zero-order valence-corrected chi connectivity index (χ0v) is 26.5. The number of likely N-dealkylation sites (tertiary alicyclic amines) is 1. The number of amides is 3. The number of thioether (sulfide) groups is 1. The maximum absolute atomic E-state index is 13.9. The van der Waals surface area contributed by atoms with Gasteiger partial charge in [0, 0.05) is 21.7 Å². The Morgan fingerprint density at radius 3 is 2.51 bits per heavy atom. The molecule has 7 unspecified atom stereocenters. The van der Waals surface area contributed by atoms with Gasteiger partial charge in [-0.25, -0.2) is 4.79 Å². The molecule has 0 spiro atoms. The second-order valence-electron chi connectivity index (χ2n) is 12.8. The summed E-state index contributed by atoms with van der Waals surface area (Å²) in [5, 5.41) is 13.5. The van der Waals surface area contributed by atoms with Crippen LogP contribution in [0.4, 0.5) is 5.69 Å². The first-order valence-corrected chi connectivity index (χ1v) is 16.8. The van der Waals surface area contributed by atoms with Crippen molar-refractivity contribution in [3.8, 4) is 5.75 Å². The van der Waals surface area contributed by atoms with E-state index in [0.29, 0.717) is 17.9 Å². The Kier molecular flexibility index (Phi) is 7.39. The molecule has 3 fully saturated rings. The minimum absolute atomic E-state index is 0.0253. The predicted octanol–water partition coefficient (Wildman–Crippen LogP) is 4.34. The lowest BCUT2D eigenvalue weighted by Crippen LogP contribution is -2.49. The van der Waals surface area contributed by atoms with E-state index in [1.165, 1.54) is 0 Å². The Morgan fingerprint density at radius 2 is 1.80 bits per heavy atom. The average Bonchev–Trinajstić information content (AvgIpc) is 3.72. The zero-order valence-electron chi connectivity index (χ0n) is 24.9. The number of carbonyl (C=O) groups is 4. The van der Waals surface area contributed by atoms with Crippen molar-refractivity contribution in [2.45, 2.75) is 49.4 Å². The first kappa shape index (κ1) is 29.8. The van der Waals surface area contributed by atoms with Crippen LogP contribution in [0.25, 0.3) is 0 Å². The number of nitrogens with zero attached hydrogens (tertiary/aromatic N) is 1. The molecule has 12 heteroatoms. The van der Waals surface area contributed by atoms with Gasteiger partial charge in [0.15, 0.2) is 6.61 Å². The van der Waals surface area contributed by atoms with Gasteiger partial charge in [-0.05, 0) is 72.4 Å². The molecule has 1 saturated heterocycles. The first-order valence-electron chi connectivity index (χ1n) is 15.1. The molecule has 0 radical (unpaired) electrons. The summed E-state index contributed by atoms with van der Waals surface area (Å²) in [7, 11) is 0. The fourth-order valence-electron chi connectivity index (χ4n) is 8.25. The number of carbonyl (C=O) groups excluding carboxylic acids is 3. The topological polar surface area (TPSA) is 146 Å². The number of carboxylic acids is 1. The van der Waals surface area contributed by atoms with Crippen LogP contribution in [0.5, 0.6) is 5.75 Å². The number of hydrogen-bond acceptors (Lipinski definition) is 8. The lowest BCUT2D eigenvalue weighted by Gasteiger charge is -2.43. The SMILES string of the molecule is Cc1cccc(NC(=O)COc2cccc([C@H]3c4sc(=O)[nH]c4SC4C5CC(C6C(=O)N(C(C(=O)O)C(C)C)C(=O)C56)C43)c2)c1. The number of imide groups is 1. The van der Waals surface area contributed by atoms with Crippen molar-refractivity contribution in [3.05, 3.63) is 74.2 Å². The molecule has 10 nitrogen and oxygen atoms in total. The summed E-state index contributed by atoms with van der Waals surface area (Å²) in [6, 6.07) is 13.8. The third-order valence-corrected chi connectivity index (χ3v) is 12.4. The zero-order chi connectivity index (χ0) is 31.7.